The van der Waals surface area contributed by atoms with Gasteiger partial charge in [-0.3, -0.25) is 19.3 Å². The lowest BCUT2D eigenvalue weighted by atomic mass is 10.2. The fourth-order valence-corrected chi connectivity index (χ4v) is 2.95. The highest BCUT2D eigenvalue weighted by molar-refractivity contribution is 6.02. The number of carbonyl (C=O) groups excluding carboxylic acids is 3. The molecule has 7 nitrogen and oxygen atoms in total. The van der Waals surface area contributed by atoms with Crippen LogP contribution in [-0.4, -0.2) is 55.3 Å². The number of anilines is 2. The minimum Gasteiger partial charge on any atom is -0.352 e. The molecule has 3 amide bonds. The Morgan fingerprint density at radius 2 is 1.92 bits per heavy atom. The molecular formula is C18H24N4O3. The van der Waals surface area contributed by atoms with E-state index in [1.54, 1.807) is 22.9 Å². The molecule has 1 aliphatic carbocycles. The molecule has 2 N–H and O–H groups in total. The number of rotatable bonds is 7. The largest absolute Gasteiger partial charge is 0.352 e. The van der Waals surface area contributed by atoms with Crippen LogP contribution < -0.4 is 15.5 Å². The maximum Gasteiger partial charge on any atom is 0.238 e. The lowest BCUT2D eigenvalue weighted by molar-refractivity contribution is -0.123. The quantitative estimate of drug-likeness (QED) is 0.772. The van der Waals surface area contributed by atoms with Crippen LogP contribution in [0.15, 0.2) is 24.3 Å². The smallest absolute Gasteiger partial charge is 0.238 e. The SMILES string of the molecule is CN(CC(=O)Nc1ccccc1N1CCCC1=O)CC(=O)NC1CC1. The second kappa shape index (κ2) is 7.65. The number of hydrogen-bond acceptors (Lipinski definition) is 4. The van der Waals surface area contributed by atoms with E-state index in [0.29, 0.717) is 24.7 Å². The zero-order valence-corrected chi connectivity index (χ0v) is 14.5. The molecule has 0 radical (unpaired) electrons. The van der Waals surface area contributed by atoms with Gasteiger partial charge in [0.1, 0.15) is 0 Å². The van der Waals surface area contributed by atoms with Gasteiger partial charge < -0.3 is 15.5 Å². The van der Waals surface area contributed by atoms with Crippen LogP contribution in [0.1, 0.15) is 25.7 Å². The molecule has 0 aromatic heterocycles. The minimum atomic E-state index is -0.208. The molecule has 3 rings (SSSR count). The molecule has 0 atom stereocenters. The molecule has 1 aromatic carbocycles. The summed E-state index contributed by atoms with van der Waals surface area (Å²) in [5, 5.41) is 5.76. The third-order valence-corrected chi connectivity index (χ3v) is 4.31. The van der Waals surface area contributed by atoms with Crippen LogP contribution >= 0.6 is 0 Å². The van der Waals surface area contributed by atoms with Crippen molar-refractivity contribution in [3.05, 3.63) is 24.3 Å². The zero-order valence-electron chi connectivity index (χ0n) is 14.5. The van der Waals surface area contributed by atoms with Crippen molar-refractivity contribution in [2.45, 2.75) is 31.7 Å². The summed E-state index contributed by atoms with van der Waals surface area (Å²) in [7, 11) is 1.74. The molecule has 25 heavy (non-hydrogen) atoms. The summed E-state index contributed by atoms with van der Waals surface area (Å²) in [6, 6.07) is 7.63. The molecule has 0 unspecified atom stereocenters. The zero-order chi connectivity index (χ0) is 17.8. The number of likely N-dealkylation sites (N-methyl/N-ethyl adjacent to an activating group) is 1. The van der Waals surface area contributed by atoms with E-state index in [-0.39, 0.29) is 30.8 Å². The maximum atomic E-state index is 12.3. The van der Waals surface area contributed by atoms with E-state index < -0.39 is 0 Å². The van der Waals surface area contributed by atoms with Crippen LogP contribution in [0.2, 0.25) is 0 Å². The fraction of sp³-hybridized carbons (Fsp3) is 0.500. The molecule has 2 aliphatic rings. The van der Waals surface area contributed by atoms with Crippen molar-refractivity contribution >= 4 is 29.1 Å². The highest BCUT2D eigenvalue weighted by Gasteiger charge is 2.25. The summed E-state index contributed by atoms with van der Waals surface area (Å²) >= 11 is 0. The monoisotopic (exact) mass is 344 g/mol. The van der Waals surface area contributed by atoms with Crippen molar-refractivity contribution in [2.24, 2.45) is 0 Å². The molecule has 2 fully saturated rings. The van der Waals surface area contributed by atoms with E-state index >= 15 is 0 Å². The Balaban J connectivity index is 1.55. The van der Waals surface area contributed by atoms with Gasteiger partial charge >= 0.3 is 0 Å². The predicted octanol–water partition coefficient (Wildman–Crippen LogP) is 0.962. The van der Waals surface area contributed by atoms with Crippen molar-refractivity contribution in [3.63, 3.8) is 0 Å². The van der Waals surface area contributed by atoms with E-state index in [1.165, 1.54) is 0 Å². The summed E-state index contributed by atoms with van der Waals surface area (Å²) < 4.78 is 0. The Hall–Kier alpha value is -2.41. The number of nitrogens with one attached hydrogen (secondary N) is 2. The lowest BCUT2D eigenvalue weighted by Gasteiger charge is -2.21. The van der Waals surface area contributed by atoms with Crippen LogP contribution in [0, 0.1) is 0 Å². The molecule has 1 saturated carbocycles. The van der Waals surface area contributed by atoms with Crippen molar-refractivity contribution in [1.29, 1.82) is 0 Å². The van der Waals surface area contributed by atoms with Crippen LogP contribution in [0.25, 0.3) is 0 Å². The standard InChI is InChI=1S/C18H24N4O3/c1-21(11-16(23)19-13-8-9-13)12-17(24)20-14-5-2-3-6-15(14)22-10-4-7-18(22)25/h2-3,5-6,13H,4,7-12H2,1H3,(H,19,23)(H,20,24). The third kappa shape index (κ3) is 4.79. The average Bonchev–Trinajstić information content (AvgIpc) is 3.25. The van der Waals surface area contributed by atoms with Crippen molar-refractivity contribution in [2.75, 3.05) is 36.9 Å². The van der Waals surface area contributed by atoms with Gasteiger partial charge in [-0.2, -0.15) is 0 Å². The normalized spacial score (nSPS) is 17.0. The van der Waals surface area contributed by atoms with Gasteiger partial charge in [0.25, 0.3) is 0 Å². The van der Waals surface area contributed by atoms with Crippen LogP contribution in [-0.2, 0) is 14.4 Å². The second-order valence-electron chi connectivity index (χ2n) is 6.73. The first-order chi connectivity index (χ1) is 12.0. The van der Waals surface area contributed by atoms with Crippen LogP contribution in [0.4, 0.5) is 11.4 Å². The van der Waals surface area contributed by atoms with Gasteiger partial charge in [-0.1, -0.05) is 12.1 Å². The van der Waals surface area contributed by atoms with E-state index in [2.05, 4.69) is 10.6 Å². The molecule has 1 heterocycles. The molecular weight excluding hydrogens is 320 g/mol. The van der Waals surface area contributed by atoms with Gasteiger partial charge in [-0.15, -0.1) is 0 Å². The van der Waals surface area contributed by atoms with Crippen molar-refractivity contribution in [3.8, 4) is 0 Å². The Labute approximate surface area is 147 Å². The number of amides is 3. The summed E-state index contributed by atoms with van der Waals surface area (Å²) in [5.74, 6) is -0.183. The highest BCUT2D eigenvalue weighted by atomic mass is 16.2. The first-order valence-electron chi connectivity index (χ1n) is 8.70. The molecule has 1 aliphatic heterocycles. The van der Waals surface area contributed by atoms with Gasteiger partial charge in [0.05, 0.1) is 24.5 Å². The third-order valence-electron chi connectivity index (χ3n) is 4.31. The number of benzene rings is 1. The van der Waals surface area contributed by atoms with Crippen LogP contribution in [0.3, 0.4) is 0 Å². The number of carbonyl (C=O) groups is 3. The van der Waals surface area contributed by atoms with Gasteiger partial charge in [0.2, 0.25) is 17.7 Å². The Bertz CT molecular complexity index is 672. The number of para-hydroxylation sites is 2. The topological polar surface area (TPSA) is 81.8 Å². The lowest BCUT2D eigenvalue weighted by Crippen LogP contribution is -2.39. The first kappa shape index (κ1) is 17.4. The average molecular weight is 344 g/mol. The van der Waals surface area contributed by atoms with Crippen LogP contribution in [0.5, 0.6) is 0 Å². The summed E-state index contributed by atoms with van der Waals surface area (Å²) in [5.41, 5.74) is 1.35. The Kier molecular flexibility index (Phi) is 5.33. The summed E-state index contributed by atoms with van der Waals surface area (Å²) in [6.07, 6.45) is 3.46. The second-order valence-corrected chi connectivity index (χ2v) is 6.73. The van der Waals surface area contributed by atoms with Crippen molar-refractivity contribution in [1.82, 2.24) is 10.2 Å². The Morgan fingerprint density at radius 3 is 2.60 bits per heavy atom. The molecule has 1 aromatic rings. The molecule has 0 spiro atoms. The van der Waals surface area contributed by atoms with Gasteiger partial charge in [-0.05, 0) is 38.4 Å². The highest BCUT2D eigenvalue weighted by Crippen LogP contribution is 2.29. The van der Waals surface area contributed by atoms with Crippen molar-refractivity contribution < 1.29 is 14.4 Å². The van der Waals surface area contributed by atoms with Gasteiger partial charge in [-0.25, -0.2) is 0 Å². The molecule has 0 bridgehead atoms. The van der Waals surface area contributed by atoms with E-state index in [4.69, 9.17) is 0 Å². The van der Waals surface area contributed by atoms with E-state index in [0.717, 1.165) is 24.9 Å². The maximum absolute atomic E-state index is 12.3. The number of hydrogen-bond donors (Lipinski definition) is 2. The summed E-state index contributed by atoms with van der Waals surface area (Å²) in [4.78, 5) is 39.4. The predicted molar refractivity (Wildman–Crippen MR) is 95.3 cm³/mol. The fourth-order valence-electron chi connectivity index (χ4n) is 2.95. The number of nitrogens with zero attached hydrogens (tertiary/aromatic N) is 2. The van der Waals surface area contributed by atoms with E-state index in [9.17, 15) is 14.4 Å². The minimum absolute atomic E-state index is 0.0548. The van der Waals surface area contributed by atoms with Gasteiger partial charge in [0.15, 0.2) is 0 Å². The summed E-state index contributed by atoms with van der Waals surface area (Å²) in [6.45, 7) is 0.976. The molecule has 134 valence electrons. The molecule has 1 saturated heterocycles. The van der Waals surface area contributed by atoms with E-state index in [1.807, 2.05) is 18.2 Å². The Morgan fingerprint density at radius 1 is 1.20 bits per heavy atom. The van der Waals surface area contributed by atoms with Gasteiger partial charge in [0, 0.05) is 19.0 Å². The molecule has 7 heteroatoms. The first-order valence-corrected chi connectivity index (χ1v) is 8.70.